The van der Waals surface area contributed by atoms with E-state index in [1.54, 1.807) is 0 Å². The lowest BCUT2D eigenvalue weighted by molar-refractivity contribution is -0.107. The molecule has 1 aromatic rings. The van der Waals surface area contributed by atoms with Crippen LogP contribution in [0.15, 0.2) is 18.2 Å². The number of rotatable bonds is 6. The fourth-order valence-electron chi connectivity index (χ4n) is 1.36. The molecule has 0 spiro atoms. The molecule has 0 amide bonds. The Kier molecular flexibility index (Phi) is 4.68. The molecule has 0 bridgehead atoms. The number of aldehydes is 1. The molecule has 0 heterocycles. The molecular weight excluding hydrogens is 192 g/mol. The van der Waals surface area contributed by atoms with Crippen LogP contribution >= 0.6 is 0 Å². The van der Waals surface area contributed by atoms with Crippen LogP contribution < -0.4 is 9.47 Å². The average molecular weight is 208 g/mol. The van der Waals surface area contributed by atoms with Gasteiger partial charge in [0, 0.05) is 12.0 Å². The van der Waals surface area contributed by atoms with Gasteiger partial charge in [-0.1, -0.05) is 0 Å². The Labute approximate surface area is 90.0 Å². The Balaban J connectivity index is 2.91. The maximum absolute atomic E-state index is 10.5. The first kappa shape index (κ1) is 11.6. The zero-order valence-corrected chi connectivity index (χ0v) is 9.16. The molecule has 0 atom stereocenters. The molecule has 0 aliphatic carbocycles. The van der Waals surface area contributed by atoms with Crippen molar-refractivity contribution in [2.75, 3.05) is 13.2 Å². The monoisotopic (exact) mass is 208 g/mol. The SMILES string of the molecule is CCOc1ccc(OCC)c(CC=O)c1. The van der Waals surface area contributed by atoms with Gasteiger partial charge in [-0.15, -0.1) is 0 Å². The van der Waals surface area contributed by atoms with E-state index in [-0.39, 0.29) is 0 Å². The fourth-order valence-corrected chi connectivity index (χ4v) is 1.36. The van der Waals surface area contributed by atoms with Gasteiger partial charge in [0.1, 0.15) is 17.8 Å². The Morgan fingerprint density at radius 1 is 1.20 bits per heavy atom. The topological polar surface area (TPSA) is 35.5 Å². The van der Waals surface area contributed by atoms with Gasteiger partial charge in [0.15, 0.2) is 0 Å². The summed E-state index contributed by atoms with van der Waals surface area (Å²) in [5.74, 6) is 1.53. The second kappa shape index (κ2) is 6.06. The van der Waals surface area contributed by atoms with Crippen molar-refractivity contribution >= 4 is 6.29 Å². The van der Waals surface area contributed by atoms with Crippen molar-refractivity contribution < 1.29 is 14.3 Å². The Morgan fingerprint density at radius 3 is 2.53 bits per heavy atom. The molecule has 0 unspecified atom stereocenters. The molecule has 0 aliphatic rings. The molecule has 0 N–H and O–H groups in total. The summed E-state index contributed by atoms with van der Waals surface area (Å²) in [6.07, 6.45) is 1.23. The molecule has 15 heavy (non-hydrogen) atoms. The van der Waals surface area contributed by atoms with E-state index in [0.29, 0.717) is 19.6 Å². The fraction of sp³-hybridized carbons (Fsp3) is 0.417. The quantitative estimate of drug-likeness (QED) is 0.672. The van der Waals surface area contributed by atoms with Crippen molar-refractivity contribution in [2.24, 2.45) is 0 Å². The van der Waals surface area contributed by atoms with Gasteiger partial charge in [-0.05, 0) is 32.0 Å². The lowest BCUT2D eigenvalue weighted by Gasteiger charge is -2.10. The van der Waals surface area contributed by atoms with Gasteiger partial charge >= 0.3 is 0 Å². The highest BCUT2D eigenvalue weighted by Crippen LogP contribution is 2.24. The minimum absolute atomic E-state index is 0.357. The van der Waals surface area contributed by atoms with Crippen molar-refractivity contribution in [3.63, 3.8) is 0 Å². The summed E-state index contributed by atoms with van der Waals surface area (Å²) in [6, 6.07) is 5.54. The maximum atomic E-state index is 10.5. The molecule has 0 aliphatic heterocycles. The Hall–Kier alpha value is -1.51. The number of carbonyl (C=O) groups excluding carboxylic acids is 1. The van der Waals surface area contributed by atoms with E-state index in [2.05, 4.69) is 0 Å². The Bertz CT molecular complexity index is 321. The van der Waals surface area contributed by atoms with Crippen molar-refractivity contribution in [1.29, 1.82) is 0 Å². The standard InChI is InChI=1S/C12H16O3/c1-3-14-11-5-6-12(15-4-2)10(9-11)7-8-13/h5-6,8-9H,3-4,7H2,1-2H3. The van der Waals surface area contributed by atoms with Crippen LogP contribution in [0.3, 0.4) is 0 Å². The highest BCUT2D eigenvalue weighted by molar-refractivity contribution is 5.58. The molecule has 0 fully saturated rings. The molecule has 82 valence electrons. The molecule has 0 saturated carbocycles. The van der Waals surface area contributed by atoms with Crippen LogP contribution in [-0.2, 0) is 11.2 Å². The first-order valence-electron chi connectivity index (χ1n) is 5.14. The highest BCUT2D eigenvalue weighted by Gasteiger charge is 2.04. The number of ether oxygens (including phenoxy) is 2. The predicted octanol–water partition coefficient (Wildman–Crippen LogP) is 2.23. The van der Waals surface area contributed by atoms with Crippen molar-refractivity contribution in [2.45, 2.75) is 20.3 Å². The molecule has 3 heteroatoms. The zero-order valence-electron chi connectivity index (χ0n) is 9.16. The highest BCUT2D eigenvalue weighted by atomic mass is 16.5. The third kappa shape index (κ3) is 3.27. The van der Waals surface area contributed by atoms with Gasteiger partial charge in [0.05, 0.1) is 13.2 Å². The summed E-state index contributed by atoms with van der Waals surface area (Å²) < 4.78 is 10.8. The van der Waals surface area contributed by atoms with E-state index in [1.807, 2.05) is 32.0 Å². The first-order chi connectivity index (χ1) is 7.31. The van der Waals surface area contributed by atoms with E-state index >= 15 is 0 Å². The molecule has 0 radical (unpaired) electrons. The summed E-state index contributed by atoms with van der Waals surface area (Å²) in [5.41, 5.74) is 0.873. The third-order valence-corrected chi connectivity index (χ3v) is 1.95. The second-order valence-corrected chi connectivity index (χ2v) is 3.01. The number of hydrogen-bond acceptors (Lipinski definition) is 3. The minimum Gasteiger partial charge on any atom is -0.494 e. The van der Waals surface area contributed by atoms with Crippen LogP contribution in [0.2, 0.25) is 0 Å². The van der Waals surface area contributed by atoms with Gasteiger partial charge in [0.2, 0.25) is 0 Å². The van der Waals surface area contributed by atoms with Crippen molar-refractivity contribution in [3.05, 3.63) is 23.8 Å². The van der Waals surface area contributed by atoms with E-state index in [1.165, 1.54) is 0 Å². The van der Waals surface area contributed by atoms with E-state index in [0.717, 1.165) is 23.3 Å². The van der Waals surface area contributed by atoms with E-state index < -0.39 is 0 Å². The first-order valence-corrected chi connectivity index (χ1v) is 5.14. The van der Waals surface area contributed by atoms with Crippen LogP contribution in [0.5, 0.6) is 11.5 Å². The molecule has 3 nitrogen and oxygen atoms in total. The van der Waals surface area contributed by atoms with Crippen LogP contribution in [0, 0.1) is 0 Å². The molecule has 0 aromatic heterocycles. The van der Waals surface area contributed by atoms with Gasteiger partial charge in [-0.2, -0.15) is 0 Å². The van der Waals surface area contributed by atoms with Crippen LogP contribution in [0.25, 0.3) is 0 Å². The van der Waals surface area contributed by atoms with Crippen molar-refractivity contribution in [3.8, 4) is 11.5 Å². The smallest absolute Gasteiger partial charge is 0.124 e. The largest absolute Gasteiger partial charge is 0.494 e. The lowest BCUT2D eigenvalue weighted by atomic mass is 10.1. The normalized spacial score (nSPS) is 9.73. The van der Waals surface area contributed by atoms with Gasteiger partial charge < -0.3 is 14.3 Å². The number of hydrogen-bond donors (Lipinski definition) is 0. The number of benzene rings is 1. The minimum atomic E-state index is 0.357. The molecular formula is C12H16O3. The van der Waals surface area contributed by atoms with Crippen LogP contribution in [-0.4, -0.2) is 19.5 Å². The third-order valence-electron chi connectivity index (χ3n) is 1.95. The van der Waals surface area contributed by atoms with E-state index in [4.69, 9.17) is 9.47 Å². The van der Waals surface area contributed by atoms with Gasteiger partial charge in [0.25, 0.3) is 0 Å². The summed E-state index contributed by atoms with van der Waals surface area (Å²) in [6.45, 7) is 5.06. The molecule has 0 saturated heterocycles. The van der Waals surface area contributed by atoms with Crippen molar-refractivity contribution in [1.82, 2.24) is 0 Å². The average Bonchev–Trinajstić information content (AvgIpc) is 2.23. The van der Waals surface area contributed by atoms with Crippen LogP contribution in [0.4, 0.5) is 0 Å². The van der Waals surface area contributed by atoms with E-state index in [9.17, 15) is 4.79 Å². The maximum Gasteiger partial charge on any atom is 0.124 e. The Morgan fingerprint density at radius 2 is 1.93 bits per heavy atom. The predicted molar refractivity (Wildman–Crippen MR) is 58.5 cm³/mol. The summed E-state index contributed by atoms with van der Waals surface area (Å²) in [4.78, 5) is 10.5. The zero-order chi connectivity index (χ0) is 11.1. The lowest BCUT2D eigenvalue weighted by Crippen LogP contribution is -1.99. The number of carbonyl (C=O) groups is 1. The molecule has 1 aromatic carbocycles. The summed E-state index contributed by atoms with van der Waals surface area (Å²) in [5, 5.41) is 0. The van der Waals surface area contributed by atoms with Gasteiger partial charge in [-0.3, -0.25) is 0 Å². The molecule has 1 rings (SSSR count). The summed E-state index contributed by atoms with van der Waals surface area (Å²) in [7, 11) is 0. The summed E-state index contributed by atoms with van der Waals surface area (Å²) >= 11 is 0. The van der Waals surface area contributed by atoms with Crippen LogP contribution in [0.1, 0.15) is 19.4 Å². The second-order valence-electron chi connectivity index (χ2n) is 3.01. The van der Waals surface area contributed by atoms with Gasteiger partial charge in [-0.25, -0.2) is 0 Å².